The molecule has 0 aromatic carbocycles. The second-order valence-electron chi connectivity index (χ2n) is 4.52. The largest absolute Gasteiger partial charge is 0.348 e. The zero-order chi connectivity index (χ0) is 16.2. The van der Waals surface area contributed by atoms with Crippen LogP contribution in [-0.4, -0.2) is 49.3 Å². The smallest absolute Gasteiger partial charge is 0.185 e. The van der Waals surface area contributed by atoms with Crippen molar-refractivity contribution in [3.05, 3.63) is 54.7 Å². The third-order valence-electron chi connectivity index (χ3n) is 2.80. The number of aromatic amines is 3. The standard InChI is InChI=1S/C10H16N6.C4H4N2O/c1(11-7-9-13-3-4-14-9)2-12-8-10-15-5-6-16-10;7-3-4-5-1-2-6-4/h3-6,11-12H,1-2,7-8H2,(H,13,14)(H,15,16);1-3H,(H,5,6). The Morgan fingerprint density at radius 3 is 1.70 bits per heavy atom. The molecule has 9 nitrogen and oxygen atoms in total. The average molecular weight is 316 g/mol. The summed E-state index contributed by atoms with van der Waals surface area (Å²) in [5.74, 6) is 2.30. The first-order valence-electron chi connectivity index (χ1n) is 7.21. The molecule has 0 saturated carbocycles. The van der Waals surface area contributed by atoms with E-state index in [4.69, 9.17) is 0 Å². The Balaban J connectivity index is 0.000000229. The van der Waals surface area contributed by atoms with E-state index in [1.165, 1.54) is 6.20 Å². The highest BCUT2D eigenvalue weighted by molar-refractivity contribution is 5.68. The Hall–Kier alpha value is -2.78. The fourth-order valence-electron chi connectivity index (χ4n) is 1.72. The minimum atomic E-state index is 0.375. The highest BCUT2D eigenvalue weighted by atomic mass is 16.1. The summed E-state index contributed by atoms with van der Waals surface area (Å²) in [5.41, 5.74) is 0. The molecule has 0 aliphatic heterocycles. The minimum absolute atomic E-state index is 0.375. The zero-order valence-electron chi connectivity index (χ0n) is 12.6. The van der Waals surface area contributed by atoms with Crippen molar-refractivity contribution in [2.75, 3.05) is 13.1 Å². The van der Waals surface area contributed by atoms with Gasteiger partial charge in [-0.1, -0.05) is 0 Å². The van der Waals surface area contributed by atoms with Crippen LogP contribution < -0.4 is 10.6 Å². The van der Waals surface area contributed by atoms with E-state index in [9.17, 15) is 4.79 Å². The van der Waals surface area contributed by atoms with Crippen LogP contribution in [0.25, 0.3) is 0 Å². The number of aldehydes is 1. The highest BCUT2D eigenvalue weighted by Gasteiger charge is 1.94. The number of carbonyl (C=O) groups excluding carboxylic acids is 1. The molecule has 0 spiro atoms. The predicted molar refractivity (Wildman–Crippen MR) is 84.6 cm³/mol. The van der Waals surface area contributed by atoms with Crippen LogP contribution in [0.15, 0.2) is 37.2 Å². The second-order valence-corrected chi connectivity index (χ2v) is 4.52. The van der Waals surface area contributed by atoms with Crippen LogP contribution in [0.3, 0.4) is 0 Å². The summed E-state index contributed by atoms with van der Waals surface area (Å²) in [6.07, 6.45) is 11.0. The van der Waals surface area contributed by atoms with Gasteiger partial charge in [-0.25, -0.2) is 15.0 Å². The summed E-state index contributed by atoms with van der Waals surface area (Å²) in [5, 5.41) is 6.56. The van der Waals surface area contributed by atoms with Crippen molar-refractivity contribution >= 4 is 6.29 Å². The molecule has 23 heavy (non-hydrogen) atoms. The van der Waals surface area contributed by atoms with Crippen molar-refractivity contribution in [1.29, 1.82) is 0 Å². The van der Waals surface area contributed by atoms with Gasteiger partial charge in [0.25, 0.3) is 0 Å². The molecule has 0 aliphatic rings. The number of hydrogen-bond acceptors (Lipinski definition) is 6. The van der Waals surface area contributed by atoms with Crippen LogP contribution in [0.4, 0.5) is 0 Å². The van der Waals surface area contributed by atoms with E-state index in [1.54, 1.807) is 18.6 Å². The Morgan fingerprint density at radius 1 is 0.826 bits per heavy atom. The van der Waals surface area contributed by atoms with E-state index in [0.717, 1.165) is 37.8 Å². The summed E-state index contributed by atoms with van der Waals surface area (Å²) in [4.78, 5) is 30.3. The number of H-pyrrole nitrogens is 3. The summed E-state index contributed by atoms with van der Waals surface area (Å²) in [6.45, 7) is 3.35. The van der Waals surface area contributed by atoms with E-state index in [2.05, 4.69) is 40.5 Å². The van der Waals surface area contributed by atoms with Crippen molar-refractivity contribution in [3.63, 3.8) is 0 Å². The van der Waals surface area contributed by atoms with Gasteiger partial charge in [0.05, 0.1) is 13.1 Å². The van der Waals surface area contributed by atoms with Gasteiger partial charge in [-0.3, -0.25) is 4.79 Å². The molecule has 0 aliphatic carbocycles. The van der Waals surface area contributed by atoms with Gasteiger partial charge in [-0.15, -0.1) is 0 Å². The number of hydrogen-bond donors (Lipinski definition) is 5. The van der Waals surface area contributed by atoms with Crippen LogP contribution in [0.2, 0.25) is 0 Å². The van der Waals surface area contributed by atoms with E-state index in [1.807, 2.05) is 12.4 Å². The Morgan fingerprint density at radius 2 is 1.35 bits per heavy atom. The van der Waals surface area contributed by atoms with Gasteiger partial charge < -0.3 is 25.6 Å². The SMILES string of the molecule is O=Cc1ncc[nH]1.c1c[nH]c(CNCCNCc2ncc[nH]2)n1. The summed E-state index contributed by atoms with van der Waals surface area (Å²) >= 11 is 0. The van der Waals surface area contributed by atoms with E-state index in [0.29, 0.717) is 12.1 Å². The number of imidazole rings is 3. The van der Waals surface area contributed by atoms with Crippen LogP contribution >= 0.6 is 0 Å². The van der Waals surface area contributed by atoms with Crippen LogP contribution in [-0.2, 0) is 13.1 Å². The lowest BCUT2D eigenvalue weighted by atomic mass is 10.5. The summed E-state index contributed by atoms with van der Waals surface area (Å²) in [6, 6.07) is 0. The highest BCUT2D eigenvalue weighted by Crippen LogP contribution is 1.87. The van der Waals surface area contributed by atoms with Gasteiger partial charge in [0, 0.05) is 50.3 Å². The molecule has 0 amide bonds. The number of aromatic nitrogens is 6. The minimum Gasteiger partial charge on any atom is -0.348 e. The third-order valence-corrected chi connectivity index (χ3v) is 2.80. The number of rotatable bonds is 8. The molecule has 0 unspecified atom stereocenters. The van der Waals surface area contributed by atoms with Crippen molar-refractivity contribution in [3.8, 4) is 0 Å². The van der Waals surface area contributed by atoms with Crippen LogP contribution in [0, 0.1) is 0 Å². The molecule has 3 rings (SSSR count). The quantitative estimate of drug-likeness (QED) is 0.299. The van der Waals surface area contributed by atoms with Crippen LogP contribution in [0.1, 0.15) is 22.3 Å². The third kappa shape index (κ3) is 6.68. The Labute approximate surface area is 133 Å². The lowest BCUT2D eigenvalue weighted by Crippen LogP contribution is -2.27. The maximum absolute atomic E-state index is 9.77. The molecular formula is C14H20N8O. The molecule has 0 atom stereocenters. The lowest BCUT2D eigenvalue weighted by Gasteiger charge is -2.03. The average Bonchev–Trinajstić information content (AvgIpc) is 3.35. The molecule has 122 valence electrons. The topological polar surface area (TPSA) is 127 Å². The normalized spacial score (nSPS) is 10.1. The Kier molecular flexibility index (Phi) is 7.23. The molecule has 3 aromatic rings. The van der Waals surface area contributed by atoms with Crippen molar-refractivity contribution in [1.82, 2.24) is 40.5 Å². The van der Waals surface area contributed by atoms with Crippen molar-refractivity contribution in [2.45, 2.75) is 13.1 Å². The van der Waals surface area contributed by atoms with Gasteiger partial charge in [-0.05, 0) is 0 Å². The van der Waals surface area contributed by atoms with Gasteiger partial charge in [-0.2, -0.15) is 0 Å². The van der Waals surface area contributed by atoms with Gasteiger partial charge >= 0.3 is 0 Å². The summed E-state index contributed by atoms with van der Waals surface area (Å²) in [7, 11) is 0. The monoisotopic (exact) mass is 316 g/mol. The molecule has 0 bridgehead atoms. The first-order chi connectivity index (χ1) is 11.4. The number of nitrogens with zero attached hydrogens (tertiary/aromatic N) is 3. The Bertz CT molecular complexity index is 580. The van der Waals surface area contributed by atoms with Crippen molar-refractivity contribution < 1.29 is 4.79 Å². The van der Waals surface area contributed by atoms with Crippen LogP contribution in [0.5, 0.6) is 0 Å². The van der Waals surface area contributed by atoms with Gasteiger partial charge in [0.2, 0.25) is 0 Å². The van der Waals surface area contributed by atoms with E-state index >= 15 is 0 Å². The number of nitrogens with one attached hydrogen (secondary N) is 5. The zero-order valence-corrected chi connectivity index (χ0v) is 12.6. The summed E-state index contributed by atoms with van der Waals surface area (Å²) < 4.78 is 0. The maximum Gasteiger partial charge on any atom is 0.185 e. The first-order valence-corrected chi connectivity index (χ1v) is 7.21. The number of carbonyl (C=O) groups is 1. The van der Waals surface area contributed by atoms with Crippen molar-refractivity contribution in [2.24, 2.45) is 0 Å². The fraction of sp³-hybridized carbons (Fsp3) is 0.286. The van der Waals surface area contributed by atoms with Gasteiger partial charge in [0.1, 0.15) is 11.6 Å². The molecule has 0 radical (unpaired) electrons. The molecule has 0 fully saturated rings. The molecule has 0 saturated heterocycles. The second kappa shape index (κ2) is 10.0. The molecule has 9 heteroatoms. The molecule has 5 N–H and O–H groups in total. The molecule has 3 aromatic heterocycles. The lowest BCUT2D eigenvalue weighted by molar-refractivity contribution is 0.111. The molecular weight excluding hydrogens is 296 g/mol. The predicted octanol–water partition coefficient (Wildman–Crippen LogP) is 0.234. The fourth-order valence-corrected chi connectivity index (χ4v) is 1.72. The first kappa shape index (κ1) is 16.6. The van der Waals surface area contributed by atoms with Gasteiger partial charge in [0.15, 0.2) is 12.1 Å². The maximum atomic E-state index is 9.77. The van der Waals surface area contributed by atoms with E-state index in [-0.39, 0.29) is 0 Å². The molecule has 3 heterocycles. The van der Waals surface area contributed by atoms with E-state index < -0.39 is 0 Å².